The summed E-state index contributed by atoms with van der Waals surface area (Å²) in [6, 6.07) is 7.61. The van der Waals surface area contributed by atoms with Crippen molar-refractivity contribution in [3.05, 3.63) is 58.4 Å². The number of alkyl halides is 3. The van der Waals surface area contributed by atoms with Gasteiger partial charge >= 0.3 is 11.8 Å². The highest BCUT2D eigenvalue weighted by Crippen LogP contribution is 2.36. The number of hydrogen-bond acceptors (Lipinski definition) is 4. The van der Waals surface area contributed by atoms with E-state index in [1.54, 1.807) is 0 Å². The molecule has 0 saturated carbocycles. The first-order valence-corrected chi connectivity index (χ1v) is 6.43. The lowest BCUT2D eigenvalue weighted by atomic mass is 10.0. The Kier molecular flexibility index (Phi) is 3.28. The number of fused-ring (bicyclic) bond motifs is 1. The van der Waals surface area contributed by atoms with Crippen LogP contribution in [0.2, 0.25) is 0 Å². The molecule has 3 rings (SSSR count). The van der Waals surface area contributed by atoms with Crippen molar-refractivity contribution in [2.45, 2.75) is 6.18 Å². The minimum atomic E-state index is -4.46. The van der Waals surface area contributed by atoms with E-state index >= 15 is 0 Å². The SMILES string of the molecule is O=c1cc(-c2ccc(C(F)(F)F)cc2)c2cc(O)c(O)cc2o1. The van der Waals surface area contributed by atoms with Gasteiger partial charge in [0.05, 0.1) is 5.56 Å². The van der Waals surface area contributed by atoms with Crippen LogP contribution in [0.15, 0.2) is 51.7 Å². The summed E-state index contributed by atoms with van der Waals surface area (Å²) >= 11 is 0. The summed E-state index contributed by atoms with van der Waals surface area (Å²) < 4.78 is 42.8. The van der Waals surface area contributed by atoms with Crippen molar-refractivity contribution in [2.75, 3.05) is 0 Å². The van der Waals surface area contributed by atoms with Gasteiger partial charge in [-0.25, -0.2) is 4.79 Å². The summed E-state index contributed by atoms with van der Waals surface area (Å²) in [5.41, 5.74) is -0.879. The van der Waals surface area contributed by atoms with Gasteiger partial charge in [0.1, 0.15) is 5.58 Å². The van der Waals surface area contributed by atoms with E-state index in [0.717, 1.165) is 24.3 Å². The minimum absolute atomic E-state index is 0.0164. The average Bonchev–Trinajstić information content (AvgIpc) is 2.47. The predicted octanol–water partition coefficient (Wildman–Crippen LogP) is 3.89. The van der Waals surface area contributed by atoms with E-state index < -0.39 is 28.9 Å². The van der Waals surface area contributed by atoms with Crippen LogP contribution < -0.4 is 5.63 Å². The highest BCUT2D eigenvalue weighted by atomic mass is 19.4. The van der Waals surface area contributed by atoms with Crippen LogP contribution in [-0.4, -0.2) is 10.2 Å². The quantitative estimate of drug-likeness (QED) is 0.527. The molecule has 0 aliphatic carbocycles. The van der Waals surface area contributed by atoms with Crippen LogP contribution in [-0.2, 0) is 6.18 Å². The molecule has 2 aromatic carbocycles. The zero-order valence-corrected chi connectivity index (χ0v) is 11.4. The van der Waals surface area contributed by atoms with E-state index in [9.17, 15) is 28.2 Å². The average molecular weight is 322 g/mol. The summed E-state index contributed by atoms with van der Waals surface area (Å²) in [4.78, 5) is 11.6. The van der Waals surface area contributed by atoms with Crippen LogP contribution in [0, 0.1) is 0 Å². The maximum atomic E-state index is 12.6. The number of rotatable bonds is 1. The van der Waals surface area contributed by atoms with Crippen LogP contribution in [0.25, 0.3) is 22.1 Å². The molecule has 0 amide bonds. The van der Waals surface area contributed by atoms with Crippen molar-refractivity contribution in [1.29, 1.82) is 0 Å². The Morgan fingerprint density at radius 3 is 2.13 bits per heavy atom. The lowest BCUT2D eigenvalue weighted by Gasteiger charge is -2.09. The highest BCUT2D eigenvalue weighted by molar-refractivity contribution is 5.95. The van der Waals surface area contributed by atoms with Gasteiger partial charge in [0, 0.05) is 17.5 Å². The number of halogens is 3. The monoisotopic (exact) mass is 322 g/mol. The topological polar surface area (TPSA) is 70.7 Å². The number of phenolic OH excluding ortho intramolecular Hbond substituents is 2. The molecule has 4 nitrogen and oxygen atoms in total. The van der Waals surface area contributed by atoms with Gasteiger partial charge in [0.2, 0.25) is 0 Å². The Morgan fingerprint density at radius 2 is 1.52 bits per heavy atom. The lowest BCUT2D eigenvalue weighted by molar-refractivity contribution is -0.137. The molecular weight excluding hydrogens is 313 g/mol. The van der Waals surface area contributed by atoms with Crippen LogP contribution >= 0.6 is 0 Å². The van der Waals surface area contributed by atoms with Gasteiger partial charge in [0.15, 0.2) is 11.5 Å². The Labute approximate surface area is 127 Å². The van der Waals surface area contributed by atoms with Gasteiger partial charge in [-0.05, 0) is 29.3 Å². The van der Waals surface area contributed by atoms with E-state index in [-0.39, 0.29) is 5.58 Å². The number of hydrogen-bond donors (Lipinski definition) is 2. The zero-order valence-electron chi connectivity index (χ0n) is 11.4. The molecule has 1 heterocycles. The summed E-state index contributed by atoms with van der Waals surface area (Å²) in [6.45, 7) is 0. The highest BCUT2D eigenvalue weighted by Gasteiger charge is 2.30. The van der Waals surface area contributed by atoms with Crippen molar-refractivity contribution < 1.29 is 27.8 Å². The Balaban J connectivity index is 2.23. The standard InChI is InChI=1S/C16H9F3O4/c17-16(18,19)9-3-1-8(2-4-9)10-6-15(22)23-14-7-13(21)12(20)5-11(10)14/h1-7,20-21H. The maximum Gasteiger partial charge on any atom is 0.416 e. The second-order valence-electron chi connectivity index (χ2n) is 4.89. The molecule has 0 fully saturated rings. The predicted molar refractivity (Wildman–Crippen MR) is 76.3 cm³/mol. The second kappa shape index (κ2) is 5.05. The molecule has 1 aromatic heterocycles. The van der Waals surface area contributed by atoms with Gasteiger partial charge in [0.25, 0.3) is 0 Å². The summed E-state index contributed by atoms with van der Waals surface area (Å²) in [6.07, 6.45) is -4.46. The van der Waals surface area contributed by atoms with Gasteiger partial charge in [-0.3, -0.25) is 0 Å². The molecule has 0 atom stereocenters. The summed E-state index contributed by atoms with van der Waals surface area (Å²) in [5, 5.41) is 19.3. The molecule has 0 unspecified atom stereocenters. The first kappa shape index (κ1) is 15.0. The fourth-order valence-electron chi connectivity index (χ4n) is 2.26. The van der Waals surface area contributed by atoms with Crippen molar-refractivity contribution in [1.82, 2.24) is 0 Å². The third kappa shape index (κ3) is 2.73. The third-order valence-electron chi connectivity index (χ3n) is 3.36. The molecule has 23 heavy (non-hydrogen) atoms. The maximum absolute atomic E-state index is 12.6. The van der Waals surface area contributed by atoms with Gasteiger partial charge < -0.3 is 14.6 Å². The molecular formula is C16H9F3O4. The normalized spacial score (nSPS) is 11.8. The molecule has 2 N–H and O–H groups in total. The molecule has 0 bridgehead atoms. The first-order chi connectivity index (χ1) is 10.8. The molecule has 0 aliphatic rings. The van der Waals surface area contributed by atoms with Gasteiger partial charge in [-0.15, -0.1) is 0 Å². The van der Waals surface area contributed by atoms with Crippen LogP contribution in [0.5, 0.6) is 11.5 Å². The molecule has 7 heteroatoms. The van der Waals surface area contributed by atoms with Crippen molar-refractivity contribution in [3.8, 4) is 22.6 Å². The van der Waals surface area contributed by atoms with Crippen LogP contribution in [0.1, 0.15) is 5.56 Å². The Hall–Kier alpha value is -2.96. The smallest absolute Gasteiger partial charge is 0.416 e. The number of phenols is 2. The Bertz CT molecular complexity index is 940. The first-order valence-electron chi connectivity index (χ1n) is 6.43. The minimum Gasteiger partial charge on any atom is -0.504 e. The molecule has 0 spiro atoms. The largest absolute Gasteiger partial charge is 0.504 e. The van der Waals surface area contributed by atoms with Crippen molar-refractivity contribution in [2.24, 2.45) is 0 Å². The van der Waals surface area contributed by atoms with Crippen LogP contribution in [0.4, 0.5) is 13.2 Å². The van der Waals surface area contributed by atoms with E-state index in [4.69, 9.17) is 4.42 Å². The van der Waals surface area contributed by atoms with E-state index in [1.165, 1.54) is 18.2 Å². The molecule has 0 radical (unpaired) electrons. The summed E-state index contributed by atoms with van der Waals surface area (Å²) in [5.74, 6) is -0.898. The Morgan fingerprint density at radius 1 is 0.913 bits per heavy atom. The van der Waals surface area contributed by atoms with E-state index in [0.29, 0.717) is 16.5 Å². The molecule has 3 aromatic rings. The van der Waals surface area contributed by atoms with Crippen LogP contribution in [0.3, 0.4) is 0 Å². The van der Waals surface area contributed by atoms with E-state index in [2.05, 4.69) is 0 Å². The van der Waals surface area contributed by atoms with E-state index in [1.807, 2.05) is 0 Å². The fraction of sp³-hybridized carbons (Fsp3) is 0.0625. The van der Waals surface area contributed by atoms with Crippen molar-refractivity contribution >= 4 is 11.0 Å². The summed E-state index contributed by atoms with van der Waals surface area (Å²) in [7, 11) is 0. The lowest BCUT2D eigenvalue weighted by Crippen LogP contribution is -2.04. The second-order valence-corrected chi connectivity index (χ2v) is 4.89. The van der Waals surface area contributed by atoms with Crippen molar-refractivity contribution in [3.63, 3.8) is 0 Å². The fourth-order valence-corrected chi connectivity index (χ4v) is 2.26. The number of aromatic hydroxyl groups is 2. The van der Waals surface area contributed by atoms with Gasteiger partial charge in [-0.1, -0.05) is 12.1 Å². The molecule has 118 valence electrons. The molecule has 0 aliphatic heterocycles. The van der Waals surface area contributed by atoms with Gasteiger partial charge in [-0.2, -0.15) is 13.2 Å². The molecule has 0 saturated heterocycles. The zero-order chi connectivity index (χ0) is 16.8. The number of benzene rings is 2. The third-order valence-corrected chi connectivity index (χ3v) is 3.36.